The maximum Gasteiger partial charge on any atom is 0.142 e. The highest BCUT2D eigenvalue weighted by Crippen LogP contribution is 2.35. The van der Waals surface area contributed by atoms with Gasteiger partial charge in [-0.05, 0) is 30.3 Å². The zero-order valence-corrected chi connectivity index (χ0v) is 13.0. The SMILES string of the molecule is Oc1cc(O)c(NCc2ccccn2)cc1NCc1ccccn1. The molecule has 0 aliphatic heterocycles. The molecular formula is C18H18N4O2. The summed E-state index contributed by atoms with van der Waals surface area (Å²) in [5.41, 5.74) is 2.74. The average Bonchev–Trinajstić information content (AvgIpc) is 2.62. The van der Waals surface area contributed by atoms with Gasteiger partial charge in [-0.3, -0.25) is 9.97 Å². The van der Waals surface area contributed by atoms with Crippen molar-refractivity contribution in [3.05, 3.63) is 72.3 Å². The van der Waals surface area contributed by atoms with E-state index in [-0.39, 0.29) is 11.5 Å². The van der Waals surface area contributed by atoms with Crippen LogP contribution in [0.15, 0.2) is 60.9 Å². The first-order valence-electron chi connectivity index (χ1n) is 7.56. The first-order chi connectivity index (χ1) is 11.7. The molecule has 0 atom stereocenters. The number of phenols is 2. The molecule has 24 heavy (non-hydrogen) atoms. The Morgan fingerprint density at radius 1 is 0.708 bits per heavy atom. The Hall–Kier alpha value is -3.28. The number of hydrogen-bond acceptors (Lipinski definition) is 6. The van der Waals surface area contributed by atoms with E-state index in [1.54, 1.807) is 18.5 Å². The van der Waals surface area contributed by atoms with E-state index in [0.717, 1.165) is 11.4 Å². The van der Waals surface area contributed by atoms with Crippen LogP contribution in [0, 0.1) is 0 Å². The Bertz CT molecular complexity index is 730. The molecule has 0 fully saturated rings. The summed E-state index contributed by atoms with van der Waals surface area (Å²) in [6.07, 6.45) is 3.43. The van der Waals surface area contributed by atoms with Gasteiger partial charge in [0.25, 0.3) is 0 Å². The normalized spacial score (nSPS) is 10.3. The second kappa shape index (κ2) is 7.32. The van der Waals surface area contributed by atoms with Gasteiger partial charge < -0.3 is 20.8 Å². The van der Waals surface area contributed by atoms with Gasteiger partial charge in [-0.25, -0.2) is 0 Å². The van der Waals surface area contributed by atoms with Crippen LogP contribution in [0.4, 0.5) is 11.4 Å². The standard InChI is InChI=1S/C18H18N4O2/c23-17-10-18(24)16(22-12-14-6-2-4-8-20-14)9-15(17)21-11-13-5-1-3-7-19-13/h1-10,21-24H,11-12H2. The number of pyridine rings is 2. The Labute approximate surface area is 139 Å². The quantitative estimate of drug-likeness (QED) is 0.412. The van der Waals surface area contributed by atoms with Crippen LogP contribution in [0.1, 0.15) is 11.4 Å². The fraction of sp³-hybridized carbons (Fsp3) is 0.111. The predicted octanol–water partition coefficient (Wildman–Crippen LogP) is 3.11. The molecule has 6 heteroatoms. The predicted molar refractivity (Wildman–Crippen MR) is 92.9 cm³/mol. The molecule has 0 spiro atoms. The number of anilines is 2. The van der Waals surface area contributed by atoms with E-state index in [1.807, 2.05) is 36.4 Å². The summed E-state index contributed by atoms with van der Waals surface area (Å²) in [4.78, 5) is 8.44. The number of nitrogens with one attached hydrogen (secondary N) is 2. The lowest BCUT2D eigenvalue weighted by molar-refractivity contribution is 0.453. The van der Waals surface area contributed by atoms with Crippen LogP contribution in [0.2, 0.25) is 0 Å². The molecule has 6 nitrogen and oxygen atoms in total. The summed E-state index contributed by atoms with van der Waals surface area (Å²) >= 11 is 0. The lowest BCUT2D eigenvalue weighted by atomic mass is 10.2. The largest absolute Gasteiger partial charge is 0.506 e. The Kier molecular flexibility index (Phi) is 4.76. The van der Waals surface area contributed by atoms with Crippen LogP contribution in [0.3, 0.4) is 0 Å². The van der Waals surface area contributed by atoms with Crippen molar-refractivity contribution >= 4 is 11.4 Å². The smallest absolute Gasteiger partial charge is 0.142 e. The minimum absolute atomic E-state index is 0.0215. The molecule has 3 aromatic rings. The van der Waals surface area contributed by atoms with Crippen molar-refractivity contribution in [2.45, 2.75) is 13.1 Å². The molecule has 0 aliphatic carbocycles. The van der Waals surface area contributed by atoms with Gasteiger partial charge in [-0.2, -0.15) is 0 Å². The number of nitrogens with zero attached hydrogens (tertiary/aromatic N) is 2. The summed E-state index contributed by atoms with van der Waals surface area (Å²) in [5.74, 6) is -0.0429. The molecule has 3 rings (SSSR count). The first kappa shape index (κ1) is 15.6. The van der Waals surface area contributed by atoms with E-state index in [4.69, 9.17) is 0 Å². The van der Waals surface area contributed by atoms with Crippen LogP contribution in [0.5, 0.6) is 11.5 Å². The molecule has 2 heterocycles. The molecular weight excluding hydrogens is 304 g/mol. The second-order valence-electron chi connectivity index (χ2n) is 5.24. The van der Waals surface area contributed by atoms with Crippen LogP contribution >= 0.6 is 0 Å². The lowest BCUT2D eigenvalue weighted by Crippen LogP contribution is -2.04. The number of rotatable bonds is 6. The van der Waals surface area contributed by atoms with Crippen LogP contribution < -0.4 is 10.6 Å². The van der Waals surface area contributed by atoms with Gasteiger partial charge in [0, 0.05) is 18.5 Å². The Balaban J connectivity index is 1.71. The number of phenolic OH excluding ortho intramolecular Hbond substituents is 2. The molecule has 0 saturated heterocycles. The molecule has 0 amide bonds. The van der Waals surface area contributed by atoms with Gasteiger partial charge >= 0.3 is 0 Å². The van der Waals surface area contributed by atoms with E-state index in [1.165, 1.54) is 6.07 Å². The molecule has 122 valence electrons. The van der Waals surface area contributed by atoms with Gasteiger partial charge in [-0.15, -0.1) is 0 Å². The van der Waals surface area contributed by atoms with E-state index in [9.17, 15) is 10.2 Å². The molecule has 4 N–H and O–H groups in total. The number of benzene rings is 1. The third-order valence-electron chi connectivity index (χ3n) is 3.49. The van der Waals surface area contributed by atoms with Crippen LogP contribution in [0.25, 0.3) is 0 Å². The van der Waals surface area contributed by atoms with E-state index >= 15 is 0 Å². The van der Waals surface area contributed by atoms with Crippen molar-refractivity contribution < 1.29 is 10.2 Å². The number of aromatic hydroxyl groups is 2. The molecule has 0 aliphatic rings. The number of aromatic nitrogens is 2. The minimum atomic E-state index is -0.0215. The van der Waals surface area contributed by atoms with Crippen molar-refractivity contribution in [3.8, 4) is 11.5 Å². The molecule has 2 aromatic heterocycles. The summed E-state index contributed by atoms with van der Waals surface area (Å²) < 4.78 is 0. The maximum absolute atomic E-state index is 10.00. The second-order valence-corrected chi connectivity index (χ2v) is 5.24. The van der Waals surface area contributed by atoms with Gasteiger partial charge in [-0.1, -0.05) is 12.1 Å². The fourth-order valence-electron chi connectivity index (χ4n) is 2.24. The van der Waals surface area contributed by atoms with E-state index in [0.29, 0.717) is 24.5 Å². The third kappa shape index (κ3) is 3.92. The molecule has 0 bridgehead atoms. The maximum atomic E-state index is 10.00. The Morgan fingerprint density at radius 2 is 1.21 bits per heavy atom. The zero-order chi connectivity index (χ0) is 16.8. The van der Waals surface area contributed by atoms with Gasteiger partial charge in [0.15, 0.2) is 0 Å². The van der Waals surface area contributed by atoms with Crippen molar-refractivity contribution in [1.82, 2.24) is 9.97 Å². The summed E-state index contributed by atoms with van der Waals surface area (Å²) in [7, 11) is 0. The van der Waals surface area contributed by atoms with Gasteiger partial charge in [0.2, 0.25) is 0 Å². The highest BCUT2D eigenvalue weighted by Gasteiger charge is 2.09. The zero-order valence-electron chi connectivity index (χ0n) is 13.0. The lowest BCUT2D eigenvalue weighted by Gasteiger charge is -2.13. The van der Waals surface area contributed by atoms with Gasteiger partial charge in [0.1, 0.15) is 11.5 Å². The van der Waals surface area contributed by atoms with Crippen molar-refractivity contribution in [3.63, 3.8) is 0 Å². The Morgan fingerprint density at radius 3 is 1.62 bits per heavy atom. The summed E-state index contributed by atoms with van der Waals surface area (Å²) in [5, 5.41) is 26.2. The molecule has 0 unspecified atom stereocenters. The van der Waals surface area contributed by atoms with Crippen LogP contribution in [-0.2, 0) is 13.1 Å². The van der Waals surface area contributed by atoms with E-state index in [2.05, 4.69) is 20.6 Å². The topological polar surface area (TPSA) is 90.3 Å². The highest BCUT2D eigenvalue weighted by atomic mass is 16.3. The summed E-state index contributed by atoms with van der Waals surface area (Å²) in [6.45, 7) is 0.942. The van der Waals surface area contributed by atoms with Crippen molar-refractivity contribution in [2.24, 2.45) is 0 Å². The first-order valence-corrected chi connectivity index (χ1v) is 7.56. The molecule has 1 aromatic carbocycles. The fourth-order valence-corrected chi connectivity index (χ4v) is 2.24. The van der Waals surface area contributed by atoms with Gasteiger partial charge in [0.05, 0.1) is 35.9 Å². The van der Waals surface area contributed by atoms with E-state index < -0.39 is 0 Å². The summed E-state index contributed by atoms with van der Waals surface area (Å²) in [6, 6.07) is 14.3. The monoisotopic (exact) mass is 322 g/mol. The minimum Gasteiger partial charge on any atom is -0.506 e. The third-order valence-corrected chi connectivity index (χ3v) is 3.49. The molecule has 0 radical (unpaired) electrons. The molecule has 0 saturated carbocycles. The van der Waals surface area contributed by atoms with Crippen molar-refractivity contribution in [1.29, 1.82) is 0 Å². The van der Waals surface area contributed by atoms with Crippen LogP contribution in [-0.4, -0.2) is 20.2 Å². The average molecular weight is 322 g/mol. The highest BCUT2D eigenvalue weighted by molar-refractivity contribution is 5.70. The van der Waals surface area contributed by atoms with Crippen molar-refractivity contribution in [2.75, 3.05) is 10.6 Å². The number of hydrogen-bond donors (Lipinski definition) is 4.